The maximum atomic E-state index is 12.4. The van der Waals surface area contributed by atoms with Gasteiger partial charge in [-0.3, -0.25) is 4.79 Å². The third kappa shape index (κ3) is 5.38. The van der Waals surface area contributed by atoms with Crippen LogP contribution in [0.5, 0.6) is 0 Å². The van der Waals surface area contributed by atoms with Gasteiger partial charge in [-0.1, -0.05) is 20.8 Å². The van der Waals surface area contributed by atoms with E-state index in [0.717, 1.165) is 19.6 Å². The summed E-state index contributed by atoms with van der Waals surface area (Å²) in [5.74, 6) is 0.938. The summed E-state index contributed by atoms with van der Waals surface area (Å²) in [6, 6.07) is 0.307. The van der Waals surface area contributed by atoms with Crippen LogP contribution in [0.15, 0.2) is 0 Å². The molecule has 0 aromatic heterocycles. The van der Waals surface area contributed by atoms with E-state index < -0.39 is 0 Å². The third-order valence-electron chi connectivity index (χ3n) is 3.48. The topological polar surface area (TPSA) is 32.3 Å². The molecule has 1 aliphatic rings. The average molecular weight is 254 g/mol. The van der Waals surface area contributed by atoms with Crippen molar-refractivity contribution in [1.29, 1.82) is 0 Å². The van der Waals surface area contributed by atoms with Crippen LogP contribution < -0.4 is 5.32 Å². The zero-order valence-corrected chi connectivity index (χ0v) is 12.8. The summed E-state index contributed by atoms with van der Waals surface area (Å²) in [6.07, 6.45) is 3.13. The van der Waals surface area contributed by atoms with Crippen LogP contribution in [-0.2, 0) is 4.79 Å². The van der Waals surface area contributed by atoms with Crippen LogP contribution in [0.1, 0.15) is 53.9 Å². The lowest BCUT2D eigenvalue weighted by molar-refractivity contribution is -0.135. The number of nitrogens with one attached hydrogen (secondary N) is 1. The summed E-state index contributed by atoms with van der Waals surface area (Å²) >= 11 is 0. The smallest absolute Gasteiger partial charge is 0.223 e. The van der Waals surface area contributed by atoms with Gasteiger partial charge in [0.15, 0.2) is 0 Å². The van der Waals surface area contributed by atoms with Gasteiger partial charge in [0.25, 0.3) is 0 Å². The molecule has 0 radical (unpaired) electrons. The normalized spacial score (nSPS) is 21.1. The third-order valence-corrected chi connectivity index (χ3v) is 3.48. The van der Waals surface area contributed by atoms with E-state index in [2.05, 4.69) is 44.8 Å². The second kappa shape index (κ2) is 6.55. The number of amides is 1. The summed E-state index contributed by atoms with van der Waals surface area (Å²) in [5.41, 5.74) is 0.0784. The molecule has 1 amide bonds. The molecule has 106 valence electrons. The molecule has 0 aromatic carbocycles. The molecule has 1 fully saturated rings. The van der Waals surface area contributed by atoms with Crippen molar-refractivity contribution in [2.45, 2.75) is 59.9 Å². The van der Waals surface area contributed by atoms with Crippen LogP contribution in [0.2, 0.25) is 0 Å². The number of rotatable bonds is 4. The van der Waals surface area contributed by atoms with Crippen LogP contribution in [0.4, 0.5) is 0 Å². The molecule has 1 aliphatic heterocycles. The standard InChI is InChI=1S/C15H30N2O/c1-12(2)17(14(18)9-15(3,4)5)11-13-7-6-8-16-10-13/h12-13,16H,6-11H2,1-5H3. The van der Waals surface area contributed by atoms with Gasteiger partial charge in [-0.05, 0) is 51.1 Å². The minimum absolute atomic E-state index is 0.0784. The number of nitrogens with zero attached hydrogens (tertiary/aromatic N) is 1. The van der Waals surface area contributed by atoms with Gasteiger partial charge in [-0.25, -0.2) is 0 Å². The Morgan fingerprint density at radius 3 is 2.50 bits per heavy atom. The molecule has 18 heavy (non-hydrogen) atoms. The first-order valence-corrected chi connectivity index (χ1v) is 7.30. The van der Waals surface area contributed by atoms with Crippen LogP contribution in [0, 0.1) is 11.3 Å². The summed E-state index contributed by atoms with van der Waals surface area (Å²) in [6.45, 7) is 13.7. The van der Waals surface area contributed by atoms with Crippen molar-refractivity contribution < 1.29 is 4.79 Å². The Morgan fingerprint density at radius 2 is 2.06 bits per heavy atom. The molecule has 1 rings (SSSR count). The van der Waals surface area contributed by atoms with E-state index >= 15 is 0 Å². The van der Waals surface area contributed by atoms with Crippen molar-refractivity contribution in [2.75, 3.05) is 19.6 Å². The van der Waals surface area contributed by atoms with Gasteiger partial charge in [0, 0.05) is 19.0 Å². The maximum absolute atomic E-state index is 12.4. The highest BCUT2D eigenvalue weighted by atomic mass is 16.2. The van der Waals surface area contributed by atoms with Gasteiger partial charge in [0.1, 0.15) is 0 Å². The largest absolute Gasteiger partial charge is 0.340 e. The van der Waals surface area contributed by atoms with Gasteiger partial charge >= 0.3 is 0 Å². The van der Waals surface area contributed by atoms with Crippen molar-refractivity contribution >= 4 is 5.91 Å². The Bertz CT molecular complexity index is 262. The van der Waals surface area contributed by atoms with E-state index in [1.165, 1.54) is 12.8 Å². The monoisotopic (exact) mass is 254 g/mol. The maximum Gasteiger partial charge on any atom is 0.223 e. The zero-order chi connectivity index (χ0) is 13.8. The van der Waals surface area contributed by atoms with Crippen molar-refractivity contribution in [3.8, 4) is 0 Å². The summed E-state index contributed by atoms with van der Waals surface area (Å²) in [7, 11) is 0. The number of hydrogen-bond acceptors (Lipinski definition) is 2. The molecule has 1 saturated heterocycles. The van der Waals surface area contributed by atoms with Crippen molar-refractivity contribution in [1.82, 2.24) is 10.2 Å². The number of carbonyl (C=O) groups excluding carboxylic acids is 1. The molecule has 0 spiro atoms. The molecular weight excluding hydrogens is 224 g/mol. The summed E-state index contributed by atoms with van der Waals surface area (Å²) in [5, 5.41) is 3.43. The quantitative estimate of drug-likeness (QED) is 0.836. The highest BCUT2D eigenvalue weighted by Crippen LogP contribution is 2.22. The van der Waals surface area contributed by atoms with Crippen molar-refractivity contribution in [2.24, 2.45) is 11.3 Å². The molecular formula is C15H30N2O. The lowest BCUT2D eigenvalue weighted by atomic mass is 9.90. The molecule has 0 saturated carbocycles. The molecule has 0 bridgehead atoms. The fraction of sp³-hybridized carbons (Fsp3) is 0.933. The Hall–Kier alpha value is -0.570. The van der Waals surface area contributed by atoms with E-state index in [4.69, 9.17) is 0 Å². The van der Waals surface area contributed by atoms with Crippen LogP contribution in [0.3, 0.4) is 0 Å². The van der Waals surface area contributed by atoms with Crippen molar-refractivity contribution in [3.63, 3.8) is 0 Å². The number of piperidine rings is 1. The summed E-state index contributed by atoms with van der Waals surface area (Å²) in [4.78, 5) is 14.5. The van der Waals surface area contributed by atoms with E-state index in [0.29, 0.717) is 24.3 Å². The van der Waals surface area contributed by atoms with E-state index in [-0.39, 0.29) is 5.41 Å². The van der Waals surface area contributed by atoms with Gasteiger partial charge < -0.3 is 10.2 Å². The van der Waals surface area contributed by atoms with E-state index in [1.54, 1.807) is 0 Å². The molecule has 0 aliphatic carbocycles. The van der Waals surface area contributed by atoms with Crippen LogP contribution in [-0.4, -0.2) is 36.5 Å². The zero-order valence-electron chi connectivity index (χ0n) is 12.8. The Kier molecular flexibility index (Phi) is 5.64. The van der Waals surface area contributed by atoms with Gasteiger partial charge in [0.2, 0.25) is 5.91 Å². The molecule has 1 atom stereocenters. The van der Waals surface area contributed by atoms with Gasteiger partial charge in [-0.2, -0.15) is 0 Å². The molecule has 1 unspecified atom stereocenters. The fourth-order valence-electron chi connectivity index (χ4n) is 2.51. The first kappa shape index (κ1) is 15.5. The highest BCUT2D eigenvalue weighted by molar-refractivity contribution is 5.77. The Labute approximate surface area is 112 Å². The van der Waals surface area contributed by atoms with E-state index in [1.807, 2.05) is 0 Å². The minimum atomic E-state index is 0.0784. The lowest BCUT2D eigenvalue weighted by Crippen LogP contribution is -2.45. The van der Waals surface area contributed by atoms with Gasteiger partial charge in [-0.15, -0.1) is 0 Å². The van der Waals surface area contributed by atoms with Crippen LogP contribution in [0.25, 0.3) is 0 Å². The Morgan fingerprint density at radius 1 is 1.39 bits per heavy atom. The highest BCUT2D eigenvalue weighted by Gasteiger charge is 2.25. The minimum Gasteiger partial charge on any atom is -0.340 e. The molecule has 3 nitrogen and oxygen atoms in total. The first-order chi connectivity index (χ1) is 8.29. The molecule has 0 aromatic rings. The Balaban J connectivity index is 2.55. The summed E-state index contributed by atoms with van der Waals surface area (Å²) < 4.78 is 0. The molecule has 1 heterocycles. The lowest BCUT2D eigenvalue weighted by Gasteiger charge is -2.34. The van der Waals surface area contributed by atoms with E-state index in [9.17, 15) is 4.79 Å². The van der Waals surface area contributed by atoms with Gasteiger partial charge in [0.05, 0.1) is 0 Å². The molecule has 1 N–H and O–H groups in total. The SMILES string of the molecule is CC(C)N(CC1CCCNC1)C(=O)CC(C)(C)C. The average Bonchev–Trinajstić information content (AvgIpc) is 2.24. The first-order valence-electron chi connectivity index (χ1n) is 7.30. The predicted molar refractivity (Wildman–Crippen MR) is 76.5 cm³/mol. The second-order valence-electron chi connectivity index (χ2n) is 7.09. The molecule has 3 heteroatoms. The second-order valence-corrected chi connectivity index (χ2v) is 7.09. The predicted octanol–water partition coefficient (Wildman–Crippen LogP) is 2.66. The fourth-order valence-corrected chi connectivity index (χ4v) is 2.51. The van der Waals surface area contributed by atoms with Crippen molar-refractivity contribution in [3.05, 3.63) is 0 Å². The number of carbonyl (C=O) groups is 1. The number of hydrogen-bond donors (Lipinski definition) is 1. The van der Waals surface area contributed by atoms with Crippen LogP contribution >= 0.6 is 0 Å².